The standard InChI is InChI=1S/C18H19N3O2/c1-11(2)21(3)16-9-14-8-12(18(22)23)4-5-15(14)20-17(16)13-6-7-19-10-13/h4-11,19H,1-3H3,(H,22,23). The molecule has 0 bridgehead atoms. The van der Waals surface area contributed by atoms with E-state index in [0.717, 1.165) is 27.8 Å². The molecule has 1 aromatic carbocycles. The Morgan fingerprint density at radius 1 is 1.26 bits per heavy atom. The first-order chi connectivity index (χ1) is 11.0. The molecule has 0 amide bonds. The number of pyridine rings is 1. The molecule has 0 saturated carbocycles. The Morgan fingerprint density at radius 3 is 2.65 bits per heavy atom. The lowest BCUT2D eigenvalue weighted by molar-refractivity contribution is 0.0697. The van der Waals surface area contributed by atoms with Crippen molar-refractivity contribution in [3.05, 3.63) is 48.3 Å². The number of aromatic nitrogens is 2. The molecule has 0 aliphatic heterocycles. The Kier molecular flexibility index (Phi) is 3.78. The average Bonchev–Trinajstić information content (AvgIpc) is 3.06. The summed E-state index contributed by atoms with van der Waals surface area (Å²) in [6, 6.07) is 9.31. The van der Waals surface area contributed by atoms with Gasteiger partial charge in [-0.2, -0.15) is 0 Å². The zero-order valence-corrected chi connectivity index (χ0v) is 13.4. The molecule has 118 valence electrons. The van der Waals surface area contributed by atoms with Crippen LogP contribution in [0.2, 0.25) is 0 Å². The molecule has 0 fully saturated rings. The first-order valence-electron chi connectivity index (χ1n) is 7.51. The zero-order valence-electron chi connectivity index (χ0n) is 13.4. The molecule has 0 aliphatic rings. The Bertz CT molecular complexity index is 854. The molecular weight excluding hydrogens is 290 g/mol. The molecule has 0 spiro atoms. The van der Waals surface area contributed by atoms with Crippen molar-refractivity contribution in [1.29, 1.82) is 0 Å². The number of aromatic carboxylic acids is 1. The van der Waals surface area contributed by atoms with E-state index in [1.807, 2.05) is 31.6 Å². The molecule has 0 aliphatic carbocycles. The van der Waals surface area contributed by atoms with E-state index < -0.39 is 5.97 Å². The minimum Gasteiger partial charge on any atom is -0.478 e. The predicted molar refractivity (Wildman–Crippen MR) is 92.0 cm³/mol. The van der Waals surface area contributed by atoms with Crippen molar-refractivity contribution < 1.29 is 9.90 Å². The van der Waals surface area contributed by atoms with Gasteiger partial charge in [0, 0.05) is 36.4 Å². The maximum Gasteiger partial charge on any atom is 0.335 e. The first-order valence-corrected chi connectivity index (χ1v) is 7.51. The molecule has 0 saturated heterocycles. The summed E-state index contributed by atoms with van der Waals surface area (Å²) in [7, 11) is 2.02. The van der Waals surface area contributed by atoms with Crippen LogP contribution in [0.4, 0.5) is 5.69 Å². The van der Waals surface area contributed by atoms with Crippen LogP contribution in [0.15, 0.2) is 42.7 Å². The van der Waals surface area contributed by atoms with Crippen LogP contribution < -0.4 is 4.90 Å². The second-order valence-corrected chi connectivity index (χ2v) is 5.87. The van der Waals surface area contributed by atoms with Crippen molar-refractivity contribution in [2.75, 3.05) is 11.9 Å². The van der Waals surface area contributed by atoms with E-state index in [0.29, 0.717) is 6.04 Å². The van der Waals surface area contributed by atoms with Crippen LogP contribution in [0.5, 0.6) is 0 Å². The number of H-pyrrole nitrogens is 1. The van der Waals surface area contributed by atoms with Gasteiger partial charge in [-0.05, 0) is 44.2 Å². The van der Waals surface area contributed by atoms with Gasteiger partial charge < -0.3 is 15.0 Å². The summed E-state index contributed by atoms with van der Waals surface area (Å²) in [4.78, 5) is 21.2. The van der Waals surface area contributed by atoms with Gasteiger partial charge in [0.2, 0.25) is 0 Å². The van der Waals surface area contributed by atoms with Crippen molar-refractivity contribution in [3.63, 3.8) is 0 Å². The monoisotopic (exact) mass is 309 g/mol. The fourth-order valence-corrected chi connectivity index (χ4v) is 2.53. The van der Waals surface area contributed by atoms with Gasteiger partial charge in [0.1, 0.15) is 0 Å². The molecule has 2 aromatic heterocycles. The van der Waals surface area contributed by atoms with E-state index >= 15 is 0 Å². The van der Waals surface area contributed by atoms with Crippen molar-refractivity contribution in [1.82, 2.24) is 9.97 Å². The first kappa shape index (κ1) is 15.1. The number of carboxylic acids is 1. The van der Waals surface area contributed by atoms with Gasteiger partial charge in [0.25, 0.3) is 0 Å². The third-order valence-electron chi connectivity index (χ3n) is 4.07. The van der Waals surface area contributed by atoms with Crippen molar-refractivity contribution in [3.8, 4) is 11.3 Å². The summed E-state index contributed by atoms with van der Waals surface area (Å²) in [5, 5.41) is 10.0. The van der Waals surface area contributed by atoms with Crippen molar-refractivity contribution in [2.45, 2.75) is 19.9 Å². The fraction of sp³-hybridized carbons (Fsp3) is 0.222. The number of anilines is 1. The summed E-state index contributed by atoms with van der Waals surface area (Å²) in [5.41, 5.74) is 3.93. The highest BCUT2D eigenvalue weighted by molar-refractivity contribution is 5.96. The molecule has 3 aromatic rings. The van der Waals surface area contributed by atoms with Crippen LogP contribution in [0.25, 0.3) is 22.2 Å². The van der Waals surface area contributed by atoms with E-state index in [9.17, 15) is 9.90 Å². The van der Waals surface area contributed by atoms with E-state index in [2.05, 4.69) is 23.7 Å². The van der Waals surface area contributed by atoms with Crippen LogP contribution in [0, 0.1) is 0 Å². The quantitative estimate of drug-likeness (QED) is 0.769. The van der Waals surface area contributed by atoms with Crippen molar-refractivity contribution >= 4 is 22.6 Å². The van der Waals surface area contributed by atoms with Crippen LogP contribution in [0.1, 0.15) is 24.2 Å². The highest BCUT2D eigenvalue weighted by Crippen LogP contribution is 2.32. The molecule has 5 nitrogen and oxygen atoms in total. The highest BCUT2D eigenvalue weighted by Gasteiger charge is 2.16. The van der Waals surface area contributed by atoms with E-state index in [1.165, 1.54) is 0 Å². The van der Waals surface area contributed by atoms with Gasteiger partial charge in [0.15, 0.2) is 0 Å². The maximum atomic E-state index is 11.2. The molecule has 0 atom stereocenters. The van der Waals surface area contributed by atoms with E-state index in [-0.39, 0.29) is 5.56 Å². The number of benzene rings is 1. The van der Waals surface area contributed by atoms with Gasteiger partial charge in [-0.1, -0.05) is 0 Å². The number of nitrogens with one attached hydrogen (secondary N) is 1. The molecule has 23 heavy (non-hydrogen) atoms. The second-order valence-electron chi connectivity index (χ2n) is 5.87. The molecular formula is C18H19N3O2. The normalized spacial score (nSPS) is 11.1. The summed E-state index contributed by atoms with van der Waals surface area (Å²) in [6.07, 6.45) is 3.78. The fourth-order valence-electron chi connectivity index (χ4n) is 2.53. The minimum absolute atomic E-state index is 0.270. The van der Waals surface area contributed by atoms with E-state index in [1.54, 1.807) is 18.2 Å². The zero-order chi connectivity index (χ0) is 16.6. The van der Waals surface area contributed by atoms with E-state index in [4.69, 9.17) is 4.98 Å². The SMILES string of the molecule is CC(C)N(C)c1cc2cc(C(=O)O)ccc2nc1-c1cc[nH]c1. The smallest absolute Gasteiger partial charge is 0.335 e. The Morgan fingerprint density at radius 2 is 2.04 bits per heavy atom. The topological polar surface area (TPSA) is 69.2 Å². The van der Waals surface area contributed by atoms with Gasteiger partial charge in [-0.15, -0.1) is 0 Å². The molecule has 2 N–H and O–H groups in total. The lowest BCUT2D eigenvalue weighted by Gasteiger charge is -2.26. The third-order valence-corrected chi connectivity index (χ3v) is 4.07. The van der Waals surface area contributed by atoms with Crippen molar-refractivity contribution in [2.24, 2.45) is 0 Å². The number of rotatable bonds is 4. The molecule has 0 radical (unpaired) electrons. The van der Waals surface area contributed by atoms with Crippen LogP contribution in [-0.2, 0) is 0 Å². The Labute approximate surface area is 134 Å². The second kappa shape index (κ2) is 5.76. The number of hydrogen-bond acceptors (Lipinski definition) is 3. The lowest BCUT2D eigenvalue weighted by Crippen LogP contribution is -2.26. The largest absolute Gasteiger partial charge is 0.478 e. The summed E-state index contributed by atoms with van der Waals surface area (Å²) >= 11 is 0. The highest BCUT2D eigenvalue weighted by atomic mass is 16.4. The molecule has 0 unspecified atom stereocenters. The Balaban J connectivity index is 2.26. The average molecular weight is 309 g/mol. The summed E-state index contributed by atoms with van der Waals surface area (Å²) < 4.78 is 0. The number of fused-ring (bicyclic) bond motifs is 1. The van der Waals surface area contributed by atoms with Gasteiger partial charge in [-0.3, -0.25) is 0 Å². The summed E-state index contributed by atoms with van der Waals surface area (Å²) in [6.45, 7) is 4.22. The number of carboxylic acid groups (broad SMARTS) is 1. The third kappa shape index (κ3) is 2.77. The predicted octanol–water partition coefficient (Wildman–Crippen LogP) is 3.77. The molecule has 2 heterocycles. The number of carbonyl (C=O) groups is 1. The van der Waals surface area contributed by atoms with Gasteiger partial charge in [0.05, 0.1) is 22.5 Å². The maximum absolute atomic E-state index is 11.2. The molecule has 3 rings (SSSR count). The number of nitrogens with zero attached hydrogens (tertiary/aromatic N) is 2. The van der Waals surface area contributed by atoms with Gasteiger partial charge >= 0.3 is 5.97 Å². The lowest BCUT2D eigenvalue weighted by atomic mass is 10.1. The summed E-state index contributed by atoms with van der Waals surface area (Å²) in [5.74, 6) is -0.930. The minimum atomic E-state index is -0.930. The van der Waals surface area contributed by atoms with Crippen LogP contribution in [-0.4, -0.2) is 34.1 Å². The molecule has 5 heteroatoms. The number of hydrogen-bond donors (Lipinski definition) is 2. The van der Waals surface area contributed by atoms with Crippen LogP contribution >= 0.6 is 0 Å². The Hall–Kier alpha value is -2.82. The van der Waals surface area contributed by atoms with Gasteiger partial charge in [-0.25, -0.2) is 9.78 Å². The number of aromatic amines is 1. The van der Waals surface area contributed by atoms with Crippen LogP contribution in [0.3, 0.4) is 0 Å².